The van der Waals surface area contributed by atoms with Gasteiger partial charge in [-0.05, 0) is 42.3 Å². The lowest BCUT2D eigenvalue weighted by molar-refractivity contribution is -0.136. The number of ether oxygens (including phenoxy) is 1. The van der Waals surface area contributed by atoms with E-state index in [0.29, 0.717) is 31.1 Å². The summed E-state index contributed by atoms with van der Waals surface area (Å²) in [5.41, 5.74) is 4.22. The average molecular weight is 485 g/mol. The number of benzene rings is 3. The van der Waals surface area contributed by atoms with Crippen LogP contribution in [0.25, 0.3) is 11.5 Å². The third-order valence-corrected chi connectivity index (χ3v) is 5.53. The molecule has 0 radical (unpaired) electrons. The van der Waals surface area contributed by atoms with Crippen molar-refractivity contribution in [2.24, 2.45) is 5.16 Å². The molecule has 1 aromatic heterocycles. The standard InChI is InChI=1S/C29H28N2O5/c1-21-26(30-29(36-21)24-10-6-3-7-11-24)18-19-34-25-14-12-22(13-15-25)20-35-31-27(16-17-28(32)33)23-8-4-2-5-9-23/h2-15H,16-20H2,1H3,(H,32,33)/b31-27+. The molecular weight excluding hydrogens is 456 g/mol. The van der Waals surface area contributed by atoms with Crippen molar-refractivity contribution in [3.05, 3.63) is 108 Å². The Morgan fingerprint density at radius 1 is 0.944 bits per heavy atom. The van der Waals surface area contributed by atoms with Gasteiger partial charge in [0, 0.05) is 18.4 Å². The zero-order valence-electron chi connectivity index (χ0n) is 20.1. The van der Waals surface area contributed by atoms with E-state index in [1.165, 1.54) is 0 Å². The number of carboxylic acid groups (broad SMARTS) is 1. The van der Waals surface area contributed by atoms with E-state index in [1.54, 1.807) is 0 Å². The summed E-state index contributed by atoms with van der Waals surface area (Å²) in [5, 5.41) is 13.2. The van der Waals surface area contributed by atoms with Crippen LogP contribution in [0.5, 0.6) is 5.75 Å². The Balaban J connectivity index is 1.28. The fraction of sp³-hybridized carbons (Fsp3) is 0.207. The fourth-order valence-electron chi connectivity index (χ4n) is 3.59. The first-order valence-corrected chi connectivity index (χ1v) is 11.8. The van der Waals surface area contributed by atoms with E-state index in [9.17, 15) is 4.79 Å². The quantitative estimate of drug-likeness (QED) is 0.194. The molecule has 7 heteroatoms. The molecular formula is C29H28N2O5. The molecule has 0 bridgehead atoms. The molecule has 4 rings (SSSR count). The minimum absolute atomic E-state index is 0.00937. The molecule has 0 atom stereocenters. The maximum absolute atomic E-state index is 11.0. The highest BCUT2D eigenvalue weighted by atomic mass is 16.6. The lowest BCUT2D eigenvalue weighted by Crippen LogP contribution is -2.06. The van der Waals surface area contributed by atoms with Crippen molar-refractivity contribution in [1.29, 1.82) is 0 Å². The van der Waals surface area contributed by atoms with Gasteiger partial charge in [0.15, 0.2) is 0 Å². The van der Waals surface area contributed by atoms with Crippen molar-refractivity contribution in [1.82, 2.24) is 4.98 Å². The lowest BCUT2D eigenvalue weighted by Gasteiger charge is -2.08. The van der Waals surface area contributed by atoms with Gasteiger partial charge in [0.2, 0.25) is 5.89 Å². The number of rotatable bonds is 12. The van der Waals surface area contributed by atoms with Crippen molar-refractivity contribution in [2.45, 2.75) is 32.8 Å². The molecule has 7 nitrogen and oxygen atoms in total. The summed E-state index contributed by atoms with van der Waals surface area (Å²) in [6, 6.07) is 26.9. The molecule has 0 spiro atoms. The number of hydrogen-bond acceptors (Lipinski definition) is 6. The first kappa shape index (κ1) is 24.7. The molecule has 184 valence electrons. The zero-order valence-corrected chi connectivity index (χ0v) is 20.1. The fourth-order valence-corrected chi connectivity index (χ4v) is 3.59. The average Bonchev–Trinajstić information content (AvgIpc) is 3.28. The van der Waals surface area contributed by atoms with Gasteiger partial charge in [-0.3, -0.25) is 4.79 Å². The van der Waals surface area contributed by atoms with Gasteiger partial charge < -0.3 is 19.1 Å². The smallest absolute Gasteiger partial charge is 0.303 e. The van der Waals surface area contributed by atoms with Crippen molar-refractivity contribution < 1.29 is 23.9 Å². The molecule has 36 heavy (non-hydrogen) atoms. The highest BCUT2D eigenvalue weighted by Gasteiger charge is 2.11. The molecule has 0 saturated carbocycles. The number of aromatic nitrogens is 1. The largest absolute Gasteiger partial charge is 0.493 e. The van der Waals surface area contributed by atoms with E-state index in [4.69, 9.17) is 19.1 Å². The van der Waals surface area contributed by atoms with Crippen molar-refractivity contribution in [3.63, 3.8) is 0 Å². The minimum atomic E-state index is -0.871. The third kappa shape index (κ3) is 7.06. The van der Waals surface area contributed by atoms with Gasteiger partial charge >= 0.3 is 5.97 Å². The molecule has 0 saturated heterocycles. The topological polar surface area (TPSA) is 94.2 Å². The van der Waals surface area contributed by atoms with E-state index < -0.39 is 5.97 Å². The molecule has 0 amide bonds. The maximum atomic E-state index is 11.0. The van der Waals surface area contributed by atoms with Gasteiger partial charge in [-0.15, -0.1) is 0 Å². The van der Waals surface area contributed by atoms with Crippen LogP contribution in [0.3, 0.4) is 0 Å². The maximum Gasteiger partial charge on any atom is 0.303 e. The van der Waals surface area contributed by atoms with E-state index in [2.05, 4.69) is 10.1 Å². The Morgan fingerprint density at radius 2 is 1.64 bits per heavy atom. The number of carbonyl (C=O) groups is 1. The summed E-state index contributed by atoms with van der Waals surface area (Å²) >= 11 is 0. The van der Waals surface area contributed by atoms with Crippen molar-refractivity contribution >= 4 is 11.7 Å². The summed E-state index contributed by atoms with van der Waals surface area (Å²) in [6.45, 7) is 2.66. The Morgan fingerprint density at radius 3 is 2.33 bits per heavy atom. The first-order chi connectivity index (χ1) is 17.6. The molecule has 4 aromatic rings. The van der Waals surface area contributed by atoms with E-state index in [1.807, 2.05) is 91.9 Å². The van der Waals surface area contributed by atoms with Crippen LogP contribution in [0, 0.1) is 6.92 Å². The minimum Gasteiger partial charge on any atom is -0.493 e. The van der Waals surface area contributed by atoms with Crippen LogP contribution in [-0.2, 0) is 22.7 Å². The summed E-state index contributed by atoms with van der Waals surface area (Å²) in [5.74, 6) is 1.29. The predicted octanol–water partition coefficient (Wildman–Crippen LogP) is 6.06. The monoisotopic (exact) mass is 484 g/mol. The summed E-state index contributed by atoms with van der Waals surface area (Å²) < 4.78 is 11.7. The molecule has 0 aliphatic heterocycles. The second-order valence-corrected chi connectivity index (χ2v) is 8.20. The normalized spacial score (nSPS) is 11.3. The Hall–Kier alpha value is -4.39. The number of nitrogens with zero attached hydrogens (tertiary/aromatic N) is 2. The van der Waals surface area contributed by atoms with Gasteiger partial charge in [0.25, 0.3) is 0 Å². The van der Waals surface area contributed by atoms with E-state index in [0.717, 1.165) is 33.9 Å². The Kier molecular flexibility index (Phi) is 8.48. The first-order valence-electron chi connectivity index (χ1n) is 11.8. The SMILES string of the molecule is Cc1oc(-c2ccccc2)nc1CCOc1ccc(CO/N=C(\CCC(=O)O)c2ccccc2)cc1. The number of carboxylic acids is 1. The highest BCUT2D eigenvalue weighted by molar-refractivity contribution is 6.01. The van der Waals surface area contributed by atoms with Gasteiger partial charge in [-0.2, -0.15) is 0 Å². The third-order valence-electron chi connectivity index (χ3n) is 5.53. The molecule has 3 aromatic carbocycles. The van der Waals surface area contributed by atoms with Gasteiger partial charge in [0.05, 0.1) is 24.4 Å². The molecule has 0 fully saturated rings. The molecule has 1 heterocycles. The summed E-state index contributed by atoms with van der Waals surface area (Å²) in [6.07, 6.45) is 0.925. The van der Waals surface area contributed by atoms with Crippen LogP contribution in [0.2, 0.25) is 0 Å². The number of aryl methyl sites for hydroxylation is 1. The molecule has 0 aliphatic rings. The predicted molar refractivity (Wildman–Crippen MR) is 137 cm³/mol. The van der Waals surface area contributed by atoms with Crippen LogP contribution in [0.4, 0.5) is 0 Å². The summed E-state index contributed by atoms with van der Waals surface area (Å²) in [4.78, 5) is 21.1. The van der Waals surface area contributed by atoms with E-state index in [-0.39, 0.29) is 13.0 Å². The van der Waals surface area contributed by atoms with E-state index >= 15 is 0 Å². The van der Waals surface area contributed by atoms with Gasteiger partial charge in [0.1, 0.15) is 18.1 Å². The van der Waals surface area contributed by atoms with Crippen LogP contribution in [0.15, 0.2) is 94.5 Å². The Labute approximate surface area is 210 Å². The molecule has 0 unspecified atom stereocenters. The summed E-state index contributed by atoms with van der Waals surface area (Å²) in [7, 11) is 0. The van der Waals surface area contributed by atoms with Crippen LogP contribution in [-0.4, -0.2) is 28.4 Å². The van der Waals surface area contributed by atoms with Gasteiger partial charge in [-0.1, -0.05) is 65.8 Å². The zero-order chi connectivity index (χ0) is 25.2. The second-order valence-electron chi connectivity index (χ2n) is 8.20. The second kappa shape index (κ2) is 12.4. The highest BCUT2D eigenvalue weighted by Crippen LogP contribution is 2.22. The number of oxime groups is 1. The van der Waals surface area contributed by atoms with Crippen molar-refractivity contribution in [3.8, 4) is 17.2 Å². The Bertz CT molecular complexity index is 1280. The van der Waals surface area contributed by atoms with Crippen LogP contribution >= 0.6 is 0 Å². The van der Waals surface area contributed by atoms with Crippen molar-refractivity contribution in [2.75, 3.05) is 6.61 Å². The number of oxazole rings is 1. The van der Waals surface area contributed by atoms with Gasteiger partial charge in [-0.25, -0.2) is 4.98 Å². The molecule has 0 aliphatic carbocycles. The molecule has 1 N–H and O–H groups in total. The number of hydrogen-bond donors (Lipinski definition) is 1. The lowest BCUT2D eigenvalue weighted by atomic mass is 10.1. The van der Waals surface area contributed by atoms with Crippen LogP contribution in [0.1, 0.15) is 35.4 Å². The number of aliphatic carboxylic acids is 1. The van der Waals surface area contributed by atoms with Crippen LogP contribution < -0.4 is 4.74 Å².